The number of aryl methyl sites for hydroxylation is 3. The molecule has 1 aromatic carbocycles. The number of aliphatic imine (C=N–C) groups is 1. The number of hydrogen-bond donors (Lipinski definition) is 0. The molecule has 1 aliphatic carbocycles. The third-order valence-corrected chi connectivity index (χ3v) is 7.20. The van der Waals surface area contributed by atoms with Crippen LogP contribution in [0.15, 0.2) is 35.6 Å². The van der Waals surface area contributed by atoms with Crippen LogP contribution in [0.5, 0.6) is 0 Å². The van der Waals surface area contributed by atoms with Crippen LogP contribution in [0.4, 0.5) is 0 Å². The molecule has 1 heterocycles. The van der Waals surface area contributed by atoms with E-state index >= 15 is 0 Å². The van der Waals surface area contributed by atoms with E-state index in [0.717, 1.165) is 18.0 Å². The Hall–Kier alpha value is -2.09. The Balaban J connectivity index is 1.83. The minimum Gasteiger partial charge on any atom is -0.347 e. The maximum atomic E-state index is 4.46. The van der Waals surface area contributed by atoms with E-state index in [9.17, 15) is 0 Å². The van der Waals surface area contributed by atoms with E-state index in [1.54, 1.807) is 16.7 Å². The zero-order valence-electron chi connectivity index (χ0n) is 20.9. The van der Waals surface area contributed by atoms with Gasteiger partial charge < -0.3 is 4.57 Å². The standard InChI is InChI=1S/C29H42N2/c1-9-11-25-12-20(5)13-26(27(25)10-2)15-24-14-21(6)29(16-24)31-18-22(7)28(23(31)8)17-30-19(3)4/h12-13,17-18,21,24,29H,3,9-11,14-16H2,1-2,4-8H3/b30-17-. The topological polar surface area (TPSA) is 17.3 Å². The van der Waals surface area contributed by atoms with Crippen molar-refractivity contribution in [3.8, 4) is 0 Å². The third-order valence-electron chi connectivity index (χ3n) is 7.20. The maximum absolute atomic E-state index is 4.46. The molecule has 1 fully saturated rings. The van der Waals surface area contributed by atoms with E-state index in [4.69, 9.17) is 0 Å². The molecule has 0 saturated heterocycles. The Morgan fingerprint density at radius 2 is 1.87 bits per heavy atom. The Labute approximate surface area is 190 Å². The van der Waals surface area contributed by atoms with Crippen LogP contribution in [0, 0.1) is 32.6 Å². The van der Waals surface area contributed by atoms with Crippen molar-refractivity contribution in [2.75, 3.05) is 0 Å². The van der Waals surface area contributed by atoms with Gasteiger partial charge in [-0.2, -0.15) is 0 Å². The van der Waals surface area contributed by atoms with E-state index in [1.165, 1.54) is 54.5 Å². The van der Waals surface area contributed by atoms with Crippen molar-refractivity contribution in [2.45, 2.75) is 93.0 Å². The highest BCUT2D eigenvalue weighted by Crippen LogP contribution is 2.43. The second kappa shape index (κ2) is 10.0. The molecule has 2 heteroatoms. The zero-order chi connectivity index (χ0) is 22.7. The van der Waals surface area contributed by atoms with E-state index in [0.29, 0.717) is 12.0 Å². The Morgan fingerprint density at radius 1 is 1.16 bits per heavy atom. The van der Waals surface area contributed by atoms with Crippen LogP contribution in [-0.2, 0) is 19.3 Å². The molecule has 3 unspecified atom stereocenters. The molecule has 3 atom stereocenters. The molecule has 3 rings (SSSR count). The first kappa shape index (κ1) is 23.6. The van der Waals surface area contributed by atoms with Crippen molar-refractivity contribution >= 4 is 6.21 Å². The minimum absolute atomic E-state index is 0.584. The quantitative estimate of drug-likeness (QED) is 0.391. The average molecular weight is 419 g/mol. The van der Waals surface area contributed by atoms with Gasteiger partial charge in [0.1, 0.15) is 0 Å². The molecule has 0 N–H and O–H groups in total. The largest absolute Gasteiger partial charge is 0.347 e. The summed E-state index contributed by atoms with van der Waals surface area (Å²) in [5, 5.41) is 0. The lowest BCUT2D eigenvalue weighted by Gasteiger charge is -2.20. The normalized spacial score (nSPS) is 21.3. The van der Waals surface area contributed by atoms with Gasteiger partial charge in [0.25, 0.3) is 0 Å². The van der Waals surface area contributed by atoms with Crippen molar-refractivity contribution in [2.24, 2.45) is 16.8 Å². The monoisotopic (exact) mass is 418 g/mol. The summed E-state index contributed by atoms with van der Waals surface area (Å²) < 4.78 is 2.54. The molecular formula is C29H42N2. The molecule has 1 saturated carbocycles. The van der Waals surface area contributed by atoms with Crippen LogP contribution >= 0.6 is 0 Å². The zero-order valence-corrected chi connectivity index (χ0v) is 20.9. The van der Waals surface area contributed by atoms with Gasteiger partial charge in [0.15, 0.2) is 0 Å². The Morgan fingerprint density at radius 3 is 2.52 bits per heavy atom. The van der Waals surface area contributed by atoms with Gasteiger partial charge in [0.2, 0.25) is 0 Å². The number of allylic oxidation sites excluding steroid dienone is 1. The van der Waals surface area contributed by atoms with Gasteiger partial charge in [0.05, 0.1) is 0 Å². The summed E-state index contributed by atoms with van der Waals surface area (Å²) in [6.07, 6.45) is 11.7. The number of nitrogens with zero attached hydrogens (tertiary/aromatic N) is 2. The molecule has 0 spiro atoms. The second-order valence-electron chi connectivity index (χ2n) is 9.96. The van der Waals surface area contributed by atoms with Gasteiger partial charge in [-0.15, -0.1) is 0 Å². The summed E-state index contributed by atoms with van der Waals surface area (Å²) in [6, 6.07) is 5.47. The minimum atomic E-state index is 0.584. The number of benzene rings is 1. The summed E-state index contributed by atoms with van der Waals surface area (Å²) >= 11 is 0. The summed E-state index contributed by atoms with van der Waals surface area (Å²) in [4.78, 5) is 4.46. The highest BCUT2D eigenvalue weighted by molar-refractivity contribution is 5.84. The molecule has 1 aliphatic rings. The van der Waals surface area contributed by atoms with Gasteiger partial charge in [-0.05, 0) is 93.9 Å². The number of aromatic nitrogens is 1. The van der Waals surface area contributed by atoms with Crippen molar-refractivity contribution in [3.63, 3.8) is 0 Å². The lowest BCUT2D eigenvalue weighted by atomic mass is 9.87. The second-order valence-corrected chi connectivity index (χ2v) is 9.96. The fourth-order valence-electron chi connectivity index (χ4n) is 5.83. The van der Waals surface area contributed by atoms with Gasteiger partial charge >= 0.3 is 0 Å². The number of rotatable bonds is 8. The lowest BCUT2D eigenvalue weighted by Crippen LogP contribution is -2.12. The fraction of sp³-hybridized carbons (Fsp3) is 0.552. The van der Waals surface area contributed by atoms with E-state index in [2.05, 4.69) is 76.0 Å². The lowest BCUT2D eigenvalue weighted by molar-refractivity contribution is 0.401. The molecule has 2 nitrogen and oxygen atoms in total. The molecule has 168 valence electrons. The Bertz CT molecular complexity index is 960. The first-order valence-electron chi connectivity index (χ1n) is 12.2. The highest BCUT2D eigenvalue weighted by Gasteiger charge is 2.34. The van der Waals surface area contributed by atoms with Crippen molar-refractivity contribution in [3.05, 3.63) is 69.7 Å². The van der Waals surface area contributed by atoms with Crippen LogP contribution in [0.3, 0.4) is 0 Å². The molecule has 31 heavy (non-hydrogen) atoms. The molecule has 0 radical (unpaired) electrons. The summed E-state index contributed by atoms with van der Waals surface area (Å²) in [6.45, 7) is 19.6. The van der Waals surface area contributed by atoms with Crippen molar-refractivity contribution in [1.29, 1.82) is 0 Å². The third kappa shape index (κ3) is 5.22. The van der Waals surface area contributed by atoms with Gasteiger partial charge in [0, 0.05) is 35.4 Å². The highest BCUT2D eigenvalue weighted by atomic mass is 15.0. The smallest absolute Gasteiger partial charge is 0.0363 e. The summed E-state index contributed by atoms with van der Waals surface area (Å²) in [5.74, 6) is 1.46. The van der Waals surface area contributed by atoms with Crippen LogP contribution in [0.25, 0.3) is 0 Å². The first-order valence-corrected chi connectivity index (χ1v) is 12.2. The van der Waals surface area contributed by atoms with Crippen LogP contribution in [0.1, 0.15) is 92.1 Å². The fourth-order valence-corrected chi connectivity index (χ4v) is 5.83. The molecule has 0 amide bonds. The predicted octanol–water partition coefficient (Wildman–Crippen LogP) is 7.71. The van der Waals surface area contributed by atoms with Crippen LogP contribution in [0.2, 0.25) is 0 Å². The maximum Gasteiger partial charge on any atom is 0.0363 e. The molecule has 0 bridgehead atoms. The van der Waals surface area contributed by atoms with Crippen molar-refractivity contribution < 1.29 is 0 Å². The molecule has 1 aromatic heterocycles. The van der Waals surface area contributed by atoms with Gasteiger partial charge in [-0.1, -0.05) is 51.5 Å². The average Bonchev–Trinajstić information content (AvgIpc) is 3.18. The molecule has 2 aromatic rings. The predicted molar refractivity (Wildman–Crippen MR) is 135 cm³/mol. The first-order chi connectivity index (χ1) is 14.7. The van der Waals surface area contributed by atoms with Crippen molar-refractivity contribution in [1.82, 2.24) is 4.57 Å². The molecular weight excluding hydrogens is 376 g/mol. The SMILES string of the molecule is C=C(C)/N=C\c1c(C)cn(C2CC(Cc3cc(C)cc(CCC)c3CC)CC2C)c1C. The number of hydrogen-bond acceptors (Lipinski definition) is 1. The Kier molecular flexibility index (Phi) is 7.62. The van der Waals surface area contributed by atoms with Crippen LogP contribution in [-0.4, -0.2) is 10.8 Å². The van der Waals surface area contributed by atoms with E-state index < -0.39 is 0 Å². The van der Waals surface area contributed by atoms with E-state index in [1.807, 2.05) is 13.1 Å². The van der Waals surface area contributed by atoms with Crippen LogP contribution < -0.4 is 0 Å². The summed E-state index contributed by atoms with van der Waals surface area (Å²) in [7, 11) is 0. The van der Waals surface area contributed by atoms with E-state index in [-0.39, 0.29) is 0 Å². The molecule has 0 aliphatic heterocycles. The van der Waals surface area contributed by atoms with Gasteiger partial charge in [-0.3, -0.25) is 4.99 Å². The van der Waals surface area contributed by atoms with Gasteiger partial charge in [-0.25, -0.2) is 0 Å². The summed E-state index contributed by atoms with van der Waals surface area (Å²) in [5.41, 5.74) is 11.0.